The van der Waals surface area contributed by atoms with Crippen molar-refractivity contribution in [3.63, 3.8) is 0 Å². The summed E-state index contributed by atoms with van der Waals surface area (Å²) in [6.45, 7) is 0.786. The molecule has 100 valence electrons. The van der Waals surface area contributed by atoms with Gasteiger partial charge in [0, 0.05) is 6.54 Å². The van der Waals surface area contributed by atoms with E-state index in [9.17, 15) is 4.79 Å². The number of rotatable bonds is 4. The predicted octanol–water partition coefficient (Wildman–Crippen LogP) is 2.26. The molecule has 1 aliphatic carbocycles. The van der Waals surface area contributed by atoms with Crippen LogP contribution >= 0.6 is 0 Å². The van der Waals surface area contributed by atoms with Crippen LogP contribution in [0.2, 0.25) is 0 Å². The van der Waals surface area contributed by atoms with E-state index in [1.165, 1.54) is 0 Å². The van der Waals surface area contributed by atoms with Crippen LogP contribution in [0.25, 0.3) is 0 Å². The molecular weight excluding hydrogens is 242 g/mol. The van der Waals surface area contributed by atoms with E-state index < -0.39 is 5.97 Å². The van der Waals surface area contributed by atoms with Gasteiger partial charge in [-0.3, -0.25) is 4.79 Å². The van der Waals surface area contributed by atoms with E-state index >= 15 is 0 Å². The maximum Gasteiger partial charge on any atom is 0.306 e. The maximum absolute atomic E-state index is 10.9. The summed E-state index contributed by atoms with van der Waals surface area (Å²) < 4.78 is 0. The molecule has 0 aromatic carbocycles. The fourth-order valence-corrected chi connectivity index (χ4v) is 2.46. The van der Waals surface area contributed by atoms with Gasteiger partial charge in [-0.2, -0.15) is 5.26 Å². The Morgan fingerprint density at radius 2 is 2.16 bits per heavy atom. The summed E-state index contributed by atoms with van der Waals surface area (Å²) in [5, 5.41) is 20.9. The topological polar surface area (TPSA) is 86.0 Å². The van der Waals surface area contributed by atoms with Crippen LogP contribution < -0.4 is 5.32 Å². The van der Waals surface area contributed by atoms with E-state index in [1.807, 2.05) is 12.1 Å². The number of carbonyl (C=O) groups is 1. The van der Waals surface area contributed by atoms with Gasteiger partial charge in [-0.05, 0) is 43.7 Å². The predicted molar refractivity (Wildman–Crippen MR) is 70.5 cm³/mol. The maximum atomic E-state index is 10.9. The van der Waals surface area contributed by atoms with Crippen molar-refractivity contribution >= 4 is 11.8 Å². The molecule has 0 radical (unpaired) electrons. The number of pyridine rings is 1. The fraction of sp³-hybridized carbons (Fsp3) is 0.500. The highest BCUT2D eigenvalue weighted by Crippen LogP contribution is 2.28. The summed E-state index contributed by atoms with van der Waals surface area (Å²) >= 11 is 0. The van der Waals surface area contributed by atoms with Gasteiger partial charge in [0.15, 0.2) is 0 Å². The van der Waals surface area contributed by atoms with E-state index in [1.54, 1.807) is 12.1 Å². The normalized spacial score (nSPS) is 22.5. The van der Waals surface area contributed by atoms with Gasteiger partial charge in [0.25, 0.3) is 0 Å². The van der Waals surface area contributed by atoms with Crippen molar-refractivity contribution in [1.82, 2.24) is 4.98 Å². The average Bonchev–Trinajstić information content (AvgIpc) is 2.46. The summed E-state index contributed by atoms with van der Waals surface area (Å²) in [5.41, 5.74) is 0.402. The van der Waals surface area contributed by atoms with Crippen LogP contribution in [-0.4, -0.2) is 22.6 Å². The SMILES string of the molecule is N#Cc1cccc(NCC2CCC(C(=O)O)CC2)n1. The van der Waals surface area contributed by atoms with Crippen LogP contribution in [0.5, 0.6) is 0 Å². The van der Waals surface area contributed by atoms with Gasteiger partial charge in [0.2, 0.25) is 0 Å². The lowest BCUT2D eigenvalue weighted by molar-refractivity contribution is -0.143. The highest BCUT2D eigenvalue weighted by atomic mass is 16.4. The molecule has 1 fully saturated rings. The fourth-order valence-electron chi connectivity index (χ4n) is 2.46. The summed E-state index contributed by atoms with van der Waals surface area (Å²) in [7, 11) is 0. The number of nitrogens with one attached hydrogen (secondary N) is 1. The molecule has 1 saturated carbocycles. The lowest BCUT2D eigenvalue weighted by Gasteiger charge is -2.26. The van der Waals surface area contributed by atoms with Gasteiger partial charge < -0.3 is 10.4 Å². The van der Waals surface area contributed by atoms with Gasteiger partial charge in [0.1, 0.15) is 17.6 Å². The number of hydrogen-bond donors (Lipinski definition) is 2. The third-order valence-electron chi connectivity index (χ3n) is 3.63. The van der Waals surface area contributed by atoms with Crippen molar-refractivity contribution in [2.24, 2.45) is 11.8 Å². The van der Waals surface area contributed by atoms with E-state index in [4.69, 9.17) is 10.4 Å². The Kier molecular flexibility index (Phi) is 4.35. The first-order valence-corrected chi connectivity index (χ1v) is 6.53. The highest BCUT2D eigenvalue weighted by Gasteiger charge is 2.25. The van der Waals surface area contributed by atoms with Crippen molar-refractivity contribution < 1.29 is 9.90 Å². The van der Waals surface area contributed by atoms with Crippen LogP contribution in [0.15, 0.2) is 18.2 Å². The quantitative estimate of drug-likeness (QED) is 0.866. The van der Waals surface area contributed by atoms with E-state index in [0.29, 0.717) is 17.4 Å². The Morgan fingerprint density at radius 1 is 1.42 bits per heavy atom. The van der Waals surface area contributed by atoms with Crippen molar-refractivity contribution in [2.45, 2.75) is 25.7 Å². The molecule has 19 heavy (non-hydrogen) atoms. The molecule has 0 amide bonds. The lowest BCUT2D eigenvalue weighted by atomic mass is 9.82. The van der Waals surface area contributed by atoms with Crippen molar-refractivity contribution in [3.05, 3.63) is 23.9 Å². The molecule has 0 unspecified atom stereocenters. The van der Waals surface area contributed by atoms with Gasteiger partial charge in [-0.25, -0.2) is 4.98 Å². The van der Waals surface area contributed by atoms with Gasteiger partial charge in [-0.1, -0.05) is 6.07 Å². The van der Waals surface area contributed by atoms with Crippen molar-refractivity contribution in [3.8, 4) is 6.07 Å². The minimum Gasteiger partial charge on any atom is -0.481 e. The van der Waals surface area contributed by atoms with Crippen molar-refractivity contribution in [2.75, 3.05) is 11.9 Å². The summed E-state index contributed by atoms with van der Waals surface area (Å²) in [6.07, 6.45) is 3.38. The molecule has 0 bridgehead atoms. The van der Waals surface area contributed by atoms with Crippen LogP contribution in [-0.2, 0) is 4.79 Å². The van der Waals surface area contributed by atoms with Gasteiger partial charge in [-0.15, -0.1) is 0 Å². The number of anilines is 1. The second-order valence-electron chi connectivity index (χ2n) is 4.96. The van der Waals surface area contributed by atoms with E-state index in [-0.39, 0.29) is 5.92 Å². The number of nitriles is 1. The molecule has 2 N–H and O–H groups in total. The summed E-state index contributed by atoms with van der Waals surface area (Å²) in [6, 6.07) is 7.31. The zero-order valence-electron chi connectivity index (χ0n) is 10.7. The minimum absolute atomic E-state index is 0.170. The lowest BCUT2D eigenvalue weighted by Crippen LogP contribution is -2.25. The molecule has 5 nitrogen and oxygen atoms in total. The second kappa shape index (κ2) is 6.19. The Labute approximate surface area is 112 Å². The van der Waals surface area contributed by atoms with E-state index in [2.05, 4.69) is 10.3 Å². The Morgan fingerprint density at radius 3 is 2.79 bits per heavy atom. The van der Waals surface area contributed by atoms with Crippen LogP contribution in [0, 0.1) is 23.2 Å². The number of nitrogens with zero attached hydrogens (tertiary/aromatic N) is 2. The zero-order chi connectivity index (χ0) is 13.7. The molecule has 0 saturated heterocycles. The standard InChI is InChI=1S/C14H17N3O2/c15-8-12-2-1-3-13(17-12)16-9-10-4-6-11(7-5-10)14(18)19/h1-3,10-11H,4-7,9H2,(H,16,17)(H,18,19). The molecule has 5 heteroatoms. The Bertz CT molecular complexity index is 488. The third kappa shape index (κ3) is 3.68. The average molecular weight is 259 g/mol. The number of aromatic nitrogens is 1. The molecule has 0 aliphatic heterocycles. The number of carboxylic acid groups (broad SMARTS) is 1. The molecule has 1 aliphatic rings. The molecule has 1 heterocycles. The first kappa shape index (κ1) is 13.3. The largest absolute Gasteiger partial charge is 0.481 e. The molecular formula is C14H17N3O2. The van der Waals surface area contributed by atoms with Gasteiger partial charge >= 0.3 is 5.97 Å². The van der Waals surface area contributed by atoms with Crippen LogP contribution in [0.3, 0.4) is 0 Å². The highest BCUT2D eigenvalue weighted by molar-refractivity contribution is 5.70. The Hall–Kier alpha value is -2.09. The van der Waals surface area contributed by atoms with Crippen LogP contribution in [0.1, 0.15) is 31.4 Å². The molecule has 0 spiro atoms. The summed E-state index contributed by atoms with van der Waals surface area (Å²) in [5.74, 6) is 0.355. The third-order valence-corrected chi connectivity index (χ3v) is 3.63. The number of carboxylic acids is 1. The monoisotopic (exact) mass is 259 g/mol. The zero-order valence-corrected chi connectivity index (χ0v) is 10.7. The summed E-state index contributed by atoms with van der Waals surface area (Å²) in [4.78, 5) is 15.0. The minimum atomic E-state index is -0.671. The van der Waals surface area contributed by atoms with Crippen LogP contribution in [0.4, 0.5) is 5.82 Å². The second-order valence-corrected chi connectivity index (χ2v) is 4.96. The first-order chi connectivity index (χ1) is 9.19. The number of hydrogen-bond acceptors (Lipinski definition) is 4. The smallest absolute Gasteiger partial charge is 0.306 e. The number of aliphatic carboxylic acids is 1. The molecule has 1 aromatic heterocycles. The molecule has 2 rings (SSSR count). The van der Waals surface area contributed by atoms with Gasteiger partial charge in [0.05, 0.1) is 5.92 Å². The first-order valence-electron chi connectivity index (χ1n) is 6.53. The molecule has 0 atom stereocenters. The Balaban J connectivity index is 1.80. The van der Waals surface area contributed by atoms with Crippen molar-refractivity contribution in [1.29, 1.82) is 5.26 Å². The molecule has 1 aromatic rings. The van der Waals surface area contributed by atoms with E-state index in [0.717, 1.165) is 32.2 Å².